The Hall–Kier alpha value is -4.61. The number of hydrogen-bond donors (Lipinski definition) is 2. The summed E-state index contributed by atoms with van der Waals surface area (Å²) < 4.78 is 54.9. The van der Waals surface area contributed by atoms with Crippen molar-refractivity contribution in [3.8, 4) is 5.75 Å². The fourth-order valence-corrected chi connectivity index (χ4v) is 5.34. The molecule has 1 unspecified atom stereocenters. The average Bonchev–Trinajstić information content (AvgIpc) is 3.40. The largest absolute Gasteiger partial charge is 0.512 e. The predicted octanol–water partition coefficient (Wildman–Crippen LogP) is 0.922. The van der Waals surface area contributed by atoms with E-state index in [1.165, 1.54) is 9.47 Å². The second-order valence-corrected chi connectivity index (χ2v) is 10.8. The lowest BCUT2D eigenvalue weighted by Gasteiger charge is -2.34. The fraction of sp³-hybridized carbons (Fsp3) is 0.483. The summed E-state index contributed by atoms with van der Waals surface area (Å²) in [7, 11) is 0. The molecule has 0 aliphatic carbocycles. The van der Waals surface area contributed by atoms with E-state index < -0.39 is 71.4 Å². The van der Waals surface area contributed by atoms with E-state index in [-0.39, 0.29) is 43.4 Å². The van der Waals surface area contributed by atoms with Crippen LogP contribution in [0.3, 0.4) is 0 Å². The fourth-order valence-electron chi connectivity index (χ4n) is 5.34. The SMILES string of the molecule is C[C@H]1CO[C@@H]2Cn3cc(C(=O)NCc4ccc(F)cc4F)c(=O)c(OCOC(=O)OC(CCN4CCOCC4)C(=O)O)c3C(=O)N12. The van der Waals surface area contributed by atoms with Crippen LogP contribution in [-0.4, -0.2) is 108 Å². The van der Waals surface area contributed by atoms with E-state index in [9.17, 15) is 37.9 Å². The van der Waals surface area contributed by atoms with Crippen LogP contribution in [0.25, 0.3) is 0 Å². The Morgan fingerprint density at radius 1 is 1.17 bits per heavy atom. The molecule has 3 atom stereocenters. The maximum absolute atomic E-state index is 14.1. The highest BCUT2D eigenvalue weighted by Crippen LogP contribution is 2.30. The van der Waals surface area contributed by atoms with Crippen molar-refractivity contribution in [3.05, 3.63) is 63.1 Å². The number of amides is 2. The third kappa shape index (κ3) is 7.27. The molecule has 1 aromatic heterocycles. The third-order valence-corrected chi connectivity index (χ3v) is 7.75. The molecule has 0 spiro atoms. The number of hydrogen-bond acceptors (Lipinski definition) is 11. The topological polar surface area (TPSA) is 175 Å². The van der Waals surface area contributed by atoms with Crippen molar-refractivity contribution in [1.82, 2.24) is 19.7 Å². The number of pyridine rings is 1. The summed E-state index contributed by atoms with van der Waals surface area (Å²) >= 11 is 0. The van der Waals surface area contributed by atoms with Gasteiger partial charge in [0.1, 0.15) is 17.2 Å². The van der Waals surface area contributed by atoms with E-state index in [0.717, 1.165) is 18.3 Å². The molecule has 248 valence electrons. The number of carbonyl (C=O) groups is 4. The number of nitrogens with one attached hydrogen (secondary N) is 1. The molecular formula is C29H32F2N4O11. The van der Waals surface area contributed by atoms with Gasteiger partial charge in [-0.1, -0.05) is 6.07 Å². The van der Waals surface area contributed by atoms with Crippen LogP contribution in [0.5, 0.6) is 5.75 Å². The van der Waals surface area contributed by atoms with Crippen molar-refractivity contribution in [3.63, 3.8) is 0 Å². The Labute approximate surface area is 260 Å². The first-order chi connectivity index (χ1) is 22.0. The predicted molar refractivity (Wildman–Crippen MR) is 150 cm³/mol. The zero-order chi connectivity index (χ0) is 33.0. The minimum absolute atomic E-state index is 0.0229. The molecule has 0 saturated carbocycles. The van der Waals surface area contributed by atoms with Gasteiger partial charge in [-0.25, -0.2) is 18.4 Å². The average molecular weight is 651 g/mol. The van der Waals surface area contributed by atoms with Crippen LogP contribution in [0, 0.1) is 11.6 Å². The van der Waals surface area contributed by atoms with Gasteiger partial charge in [-0.2, -0.15) is 0 Å². The van der Waals surface area contributed by atoms with Crippen LogP contribution in [0.4, 0.5) is 13.6 Å². The van der Waals surface area contributed by atoms with Gasteiger partial charge >= 0.3 is 12.1 Å². The molecule has 0 radical (unpaired) electrons. The molecule has 2 amide bonds. The molecule has 1 aromatic carbocycles. The Balaban J connectivity index is 1.31. The quantitative estimate of drug-likeness (QED) is 0.260. The number of nitrogens with zero attached hydrogens (tertiary/aromatic N) is 3. The molecule has 4 heterocycles. The Morgan fingerprint density at radius 3 is 2.65 bits per heavy atom. The minimum atomic E-state index is -1.53. The van der Waals surface area contributed by atoms with Crippen molar-refractivity contribution >= 4 is 23.9 Å². The van der Waals surface area contributed by atoms with E-state index in [1.807, 2.05) is 4.90 Å². The molecule has 15 nitrogen and oxygen atoms in total. The molecule has 46 heavy (non-hydrogen) atoms. The molecular weight excluding hydrogens is 618 g/mol. The second kappa shape index (κ2) is 14.2. The number of carboxylic acids is 1. The minimum Gasteiger partial charge on any atom is -0.479 e. The summed E-state index contributed by atoms with van der Waals surface area (Å²) in [6.45, 7) is 3.20. The van der Waals surface area contributed by atoms with Crippen molar-refractivity contribution in [1.29, 1.82) is 0 Å². The standard InChI is InChI=1S/C29H32F2N4O11/c1-16-14-43-22-13-34-12-19(26(37)32-11-17-2-3-18(30)10-20(17)31)24(36)25(23(34)27(38)35(16)22)44-15-45-29(41)46-21(28(39)40)4-5-33-6-8-42-9-7-33/h2-3,10,12,16,21-22H,4-9,11,13-15H2,1H3,(H,32,37)(H,39,40)/t16-,21?,22+/m0/s1. The molecule has 3 aliphatic rings. The van der Waals surface area contributed by atoms with Crippen LogP contribution in [-0.2, 0) is 36.8 Å². The molecule has 2 aromatic rings. The number of fused-ring (bicyclic) bond motifs is 2. The molecule has 0 bridgehead atoms. The Morgan fingerprint density at radius 2 is 1.93 bits per heavy atom. The maximum atomic E-state index is 14.1. The number of benzene rings is 1. The van der Waals surface area contributed by atoms with E-state index >= 15 is 0 Å². The number of morpholine rings is 1. The highest BCUT2D eigenvalue weighted by molar-refractivity contribution is 5.99. The van der Waals surface area contributed by atoms with E-state index in [4.69, 9.17) is 23.7 Å². The van der Waals surface area contributed by atoms with Gasteiger partial charge in [0.25, 0.3) is 11.8 Å². The maximum Gasteiger partial charge on any atom is 0.512 e. The zero-order valence-corrected chi connectivity index (χ0v) is 24.7. The molecule has 3 aliphatic heterocycles. The Bertz CT molecular complexity index is 1560. The lowest BCUT2D eigenvalue weighted by molar-refractivity contribution is -0.149. The molecule has 5 rings (SSSR count). The number of halogens is 2. The summed E-state index contributed by atoms with van der Waals surface area (Å²) in [6.07, 6.45) is -2.49. The van der Waals surface area contributed by atoms with Gasteiger partial charge in [0.15, 0.2) is 11.9 Å². The van der Waals surface area contributed by atoms with Gasteiger partial charge in [0, 0.05) is 50.4 Å². The normalized spacial score (nSPS) is 20.0. The number of carbonyl (C=O) groups excluding carboxylic acids is 3. The van der Waals surface area contributed by atoms with Gasteiger partial charge in [0.2, 0.25) is 24.1 Å². The number of ether oxygens (including phenoxy) is 5. The summed E-state index contributed by atoms with van der Waals surface area (Å²) in [6, 6.07) is 2.46. The first kappa shape index (κ1) is 32.8. The van der Waals surface area contributed by atoms with Crippen molar-refractivity contribution in [2.24, 2.45) is 0 Å². The lowest BCUT2D eigenvalue weighted by Crippen LogP contribution is -2.49. The monoisotopic (exact) mass is 650 g/mol. The summed E-state index contributed by atoms with van der Waals surface area (Å²) in [5.41, 5.74) is -1.79. The van der Waals surface area contributed by atoms with Gasteiger partial charge in [-0.15, -0.1) is 0 Å². The van der Waals surface area contributed by atoms with Gasteiger partial charge in [0.05, 0.1) is 32.4 Å². The number of aliphatic carboxylic acids is 1. The van der Waals surface area contributed by atoms with Gasteiger partial charge < -0.3 is 43.6 Å². The highest BCUT2D eigenvalue weighted by atomic mass is 19.1. The zero-order valence-electron chi connectivity index (χ0n) is 24.7. The highest BCUT2D eigenvalue weighted by Gasteiger charge is 2.43. The van der Waals surface area contributed by atoms with Crippen LogP contribution >= 0.6 is 0 Å². The lowest BCUT2D eigenvalue weighted by atomic mass is 10.1. The number of carboxylic acid groups (broad SMARTS) is 1. The molecule has 17 heteroatoms. The molecule has 2 N–H and O–H groups in total. The third-order valence-electron chi connectivity index (χ3n) is 7.75. The van der Waals surface area contributed by atoms with Gasteiger partial charge in [-0.05, 0) is 13.0 Å². The summed E-state index contributed by atoms with van der Waals surface area (Å²) in [4.78, 5) is 67.5. The van der Waals surface area contributed by atoms with E-state index in [0.29, 0.717) is 38.9 Å². The second-order valence-electron chi connectivity index (χ2n) is 10.8. The number of aromatic nitrogens is 1. The smallest absolute Gasteiger partial charge is 0.479 e. The summed E-state index contributed by atoms with van der Waals surface area (Å²) in [5.74, 6) is -5.29. The van der Waals surface area contributed by atoms with Crippen LogP contribution < -0.4 is 15.5 Å². The van der Waals surface area contributed by atoms with Gasteiger partial charge in [-0.3, -0.25) is 19.3 Å². The van der Waals surface area contributed by atoms with Crippen LogP contribution in [0.15, 0.2) is 29.2 Å². The first-order valence-corrected chi connectivity index (χ1v) is 14.5. The number of rotatable bonds is 11. The van der Waals surface area contributed by atoms with Crippen LogP contribution in [0.2, 0.25) is 0 Å². The molecule has 2 saturated heterocycles. The molecule has 2 fully saturated rings. The first-order valence-electron chi connectivity index (χ1n) is 14.5. The van der Waals surface area contributed by atoms with Crippen LogP contribution in [0.1, 0.15) is 39.8 Å². The van der Waals surface area contributed by atoms with E-state index in [1.54, 1.807) is 6.92 Å². The van der Waals surface area contributed by atoms with Crippen molar-refractivity contribution in [2.75, 3.05) is 46.2 Å². The van der Waals surface area contributed by atoms with E-state index in [2.05, 4.69) is 5.32 Å². The Kier molecular flexibility index (Phi) is 10.1. The van der Waals surface area contributed by atoms with Crippen molar-refractivity contribution < 1.29 is 56.7 Å². The van der Waals surface area contributed by atoms with Crippen molar-refractivity contribution in [2.45, 2.75) is 44.8 Å². The summed E-state index contributed by atoms with van der Waals surface area (Å²) in [5, 5.41) is 11.9.